The molecule has 1 aliphatic heterocycles. The van der Waals surface area contributed by atoms with Crippen LogP contribution in [0.3, 0.4) is 0 Å². The molecule has 8 heteroatoms. The molecule has 1 aliphatic rings. The van der Waals surface area contributed by atoms with E-state index in [9.17, 15) is 19.5 Å². The second kappa shape index (κ2) is 8.19. The molecule has 1 aromatic rings. The number of carbonyl (C=O) groups excluding carboxylic acids is 2. The number of rotatable bonds is 5. The van der Waals surface area contributed by atoms with Gasteiger partial charge in [0.25, 0.3) is 5.91 Å². The van der Waals surface area contributed by atoms with Gasteiger partial charge in [-0.1, -0.05) is 12.1 Å². The van der Waals surface area contributed by atoms with E-state index < -0.39 is 5.97 Å². The summed E-state index contributed by atoms with van der Waals surface area (Å²) >= 11 is 0. The molecule has 0 spiro atoms. The van der Waals surface area contributed by atoms with E-state index in [1.807, 2.05) is 0 Å². The molecule has 2 rings (SSSR count). The number of hydrogen-bond donors (Lipinski definition) is 3. The Labute approximate surface area is 139 Å². The molecule has 24 heavy (non-hydrogen) atoms. The number of aromatic hydroxyl groups is 1. The molecule has 0 aromatic heterocycles. The van der Waals surface area contributed by atoms with Gasteiger partial charge in [-0.25, -0.2) is 4.79 Å². The SMILES string of the molecule is O=C(O)CCCNC(=O)N1CCN(C(=O)c2ccccc2O)CC1. The Morgan fingerprint density at radius 2 is 1.67 bits per heavy atom. The first-order valence-corrected chi connectivity index (χ1v) is 7.81. The lowest BCUT2D eigenvalue weighted by Crippen LogP contribution is -2.53. The number of nitrogens with one attached hydrogen (secondary N) is 1. The average molecular weight is 335 g/mol. The highest BCUT2D eigenvalue weighted by Gasteiger charge is 2.25. The molecule has 1 saturated heterocycles. The minimum absolute atomic E-state index is 0.0170. The summed E-state index contributed by atoms with van der Waals surface area (Å²) in [7, 11) is 0. The fourth-order valence-electron chi connectivity index (χ4n) is 2.48. The van der Waals surface area contributed by atoms with Crippen LogP contribution < -0.4 is 5.32 Å². The Balaban J connectivity index is 1.78. The molecule has 130 valence electrons. The number of hydrogen-bond acceptors (Lipinski definition) is 4. The zero-order chi connectivity index (χ0) is 17.5. The van der Waals surface area contributed by atoms with Gasteiger partial charge in [0.2, 0.25) is 0 Å². The van der Waals surface area contributed by atoms with Gasteiger partial charge >= 0.3 is 12.0 Å². The first-order chi connectivity index (χ1) is 11.5. The van der Waals surface area contributed by atoms with E-state index in [-0.39, 0.29) is 29.7 Å². The van der Waals surface area contributed by atoms with Gasteiger partial charge < -0.3 is 25.3 Å². The fraction of sp³-hybridized carbons (Fsp3) is 0.438. The number of carboxylic acids is 1. The van der Waals surface area contributed by atoms with Crippen LogP contribution in [0, 0.1) is 0 Å². The van der Waals surface area contributed by atoms with E-state index in [2.05, 4.69) is 5.32 Å². The van der Waals surface area contributed by atoms with Crippen LogP contribution in [0.1, 0.15) is 23.2 Å². The molecular weight excluding hydrogens is 314 g/mol. The van der Waals surface area contributed by atoms with Crippen molar-refractivity contribution in [2.75, 3.05) is 32.7 Å². The smallest absolute Gasteiger partial charge is 0.317 e. The van der Waals surface area contributed by atoms with Crippen LogP contribution in [0.2, 0.25) is 0 Å². The monoisotopic (exact) mass is 335 g/mol. The Kier molecular flexibility index (Phi) is 6.00. The summed E-state index contributed by atoms with van der Waals surface area (Å²) in [5.74, 6) is -1.20. The van der Waals surface area contributed by atoms with Gasteiger partial charge in [-0.05, 0) is 18.6 Å². The molecule has 1 aromatic carbocycles. The van der Waals surface area contributed by atoms with Crippen molar-refractivity contribution in [3.8, 4) is 5.75 Å². The minimum atomic E-state index is -0.888. The van der Waals surface area contributed by atoms with E-state index in [1.165, 1.54) is 6.07 Å². The molecular formula is C16H21N3O5. The zero-order valence-electron chi connectivity index (χ0n) is 13.3. The van der Waals surface area contributed by atoms with Crippen LogP contribution in [0.25, 0.3) is 0 Å². The van der Waals surface area contributed by atoms with Crippen molar-refractivity contribution in [2.24, 2.45) is 0 Å². The van der Waals surface area contributed by atoms with Gasteiger partial charge in [-0.3, -0.25) is 9.59 Å². The minimum Gasteiger partial charge on any atom is -0.507 e. The Hall–Kier alpha value is -2.77. The van der Waals surface area contributed by atoms with Crippen molar-refractivity contribution >= 4 is 17.9 Å². The molecule has 3 amide bonds. The highest BCUT2D eigenvalue weighted by atomic mass is 16.4. The standard InChI is InChI=1S/C16H21N3O5/c20-13-5-2-1-4-12(13)15(23)18-8-10-19(11-9-18)16(24)17-7-3-6-14(21)22/h1-2,4-5,20H,3,6-11H2,(H,17,24)(H,21,22). The first kappa shape index (κ1) is 17.6. The quantitative estimate of drug-likeness (QED) is 0.687. The van der Waals surface area contributed by atoms with Gasteiger partial charge in [-0.2, -0.15) is 0 Å². The summed E-state index contributed by atoms with van der Waals surface area (Å²) in [6.45, 7) is 1.86. The van der Waals surface area contributed by atoms with E-state index >= 15 is 0 Å². The molecule has 3 N–H and O–H groups in total. The molecule has 0 atom stereocenters. The predicted octanol–water partition coefficient (Wildman–Crippen LogP) is 0.724. The summed E-state index contributed by atoms with van der Waals surface area (Å²) in [5.41, 5.74) is 0.254. The van der Waals surface area contributed by atoms with Gasteiger partial charge in [-0.15, -0.1) is 0 Å². The molecule has 0 radical (unpaired) electrons. The normalized spacial score (nSPS) is 14.3. The van der Waals surface area contributed by atoms with E-state index in [0.717, 1.165) is 0 Å². The number of benzene rings is 1. The number of phenolic OH excluding ortho intramolecular Hbond substituents is 1. The van der Waals surface area contributed by atoms with Crippen LogP contribution >= 0.6 is 0 Å². The highest BCUT2D eigenvalue weighted by Crippen LogP contribution is 2.18. The molecule has 0 bridgehead atoms. The van der Waals surface area contributed by atoms with Crippen LogP contribution in [-0.4, -0.2) is 70.6 Å². The van der Waals surface area contributed by atoms with Crippen molar-refractivity contribution in [1.29, 1.82) is 0 Å². The molecule has 0 unspecified atom stereocenters. The Bertz CT molecular complexity index is 611. The third-order valence-corrected chi connectivity index (χ3v) is 3.83. The number of amides is 3. The zero-order valence-corrected chi connectivity index (χ0v) is 13.3. The van der Waals surface area contributed by atoms with Gasteiger partial charge in [0, 0.05) is 39.1 Å². The second-order valence-electron chi connectivity index (χ2n) is 5.53. The predicted molar refractivity (Wildman–Crippen MR) is 85.9 cm³/mol. The largest absolute Gasteiger partial charge is 0.507 e. The maximum Gasteiger partial charge on any atom is 0.317 e. The molecule has 1 fully saturated rings. The number of carboxylic acid groups (broad SMARTS) is 1. The summed E-state index contributed by atoms with van der Waals surface area (Å²) in [6, 6.07) is 6.12. The van der Waals surface area contributed by atoms with Crippen LogP contribution in [-0.2, 0) is 4.79 Å². The van der Waals surface area contributed by atoms with Crippen molar-refractivity contribution < 1.29 is 24.6 Å². The topological polar surface area (TPSA) is 110 Å². The Morgan fingerprint density at radius 3 is 2.29 bits per heavy atom. The van der Waals surface area contributed by atoms with Crippen molar-refractivity contribution in [3.63, 3.8) is 0 Å². The van der Waals surface area contributed by atoms with Crippen molar-refractivity contribution in [1.82, 2.24) is 15.1 Å². The van der Waals surface area contributed by atoms with E-state index in [1.54, 1.807) is 28.0 Å². The second-order valence-corrected chi connectivity index (χ2v) is 5.53. The van der Waals surface area contributed by atoms with Gasteiger partial charge in [0.15, 0.2) is 0 Å². The number of piperazine rings is 1. The first-order valence-electron chi connectivity index (χ1n) is 7.81. The Morgan fingerprint density at radius 1 is 1.04 bits per heavy atom. The number of para-hydroxylation sites is 1. The number of nitrogens with zero attached hydrogens (tertiary/aromatic N) is 2. The maximum absolute atomic E-state index is 12.4. The molecule has 8 nitrogen and oxygen atoms in total. The third kappa shape index (κ3) is 4.61. The number of phenols is 1. The average Bonchev–Trinajstić information content (AvgIpc) is 2.58. The number of aliphatic carboxylic acids is 1. The third-order valence-electron chi connectivity index (χ3n) is 3.83. The summed E-state index contributed by atoms with van der Waals surface area (Å²) in [6.07, 6.45) is 0.399. The van der Waals surface area contributed by atoms with Crippen molar-refractivity contribution in [3.05, 3.63) is 29.8 Å². The highest BCUT2D eigenvalue weighted by molar-refractivity contribution is 5.97. The molecule has 0 saturated carbocycles. The number of carbonyl (C=O) groups is 3. The summed E-state index contributed by atoms with van der Waals surface area (Å²) in [5, 5.41) is 21.0. The maximum atomic E-state index is 12.4. The fourth-order valence-corrected chi connectivity index (χ4v) is 2.48. The van der Waals surface area contributed by atoms with E-state index in [0.29, 0.717) is 39.1 Å². The molecule has 0 aliphatic carbocycles. The van der Waals surface area contributed by atoms with E-state index in [4.69, 9.17) is 5.11 Å². The summed E-state index contributed by atoms with van der Waals surface area (Å²) < 4.78 is 0. The van der Waals surface area contributed by atoms with Crippen LogP contribution in [0.15, 0.2) is 24.3 Å². The lowest BCUT2D eigenvalue weighted by molar-refractivity contribution is -0.137. The summed E-state index contributed by atoms with van der Waals surface area (Å²) in [4.78, 5) is 37.9. The number of urea groups is 1. The van der Waals surface area contributed by atoms with Crippen LogP contribution in [0.5, 0.6) is 5.75 Å². The van der Waals surface area contributed by atoms with Gasteiger partial charge in [0.1, 0.15) is 5.75 Å². The lowest BCUT2D eigenvalue weighted by atomic mass is 10.1. The molecule has 1 heterocycles. The van der Waals surface area contributed by atoms with Crippen molar-refractivity contribution in [2.45, 2.75) is 12.8 Å². The van der Waals surface area contributed by atoms with Crippen LogP contribution in [0.4, 0.5) is 4.79 Å². The lowest BCUT2D eigenvalue weighted by Gasteiger charge is -2.34. The van der Waals surface area contributed by atoms with Gasteiger partial charge in [0.05, 0.1) is 5.56 Å².